The summed E-state index contributed by atoms with van der Waals surface area (Å²) < 4.78 is 34.4. The van der Waals surface area contributed by atoms with Gasteiger partial charge in [-0.25, -0.2) is 8.42 Å². The van der Waals surface area contributed by atoms with Gasteiger partial charge in [0.1, 0.15) is 5.75 Å². The van der Waals surface area contributed by atoms with Crippen molar-refractivity contribution in [2.24, 2.45) is 5.92 Å². The lowest BCUT2D eigenvalue weighted by atomic mass is 9.98. The second-order valence-electron chi connectivity index (χ2n) is 9.58. The quantitative estimate of drug-likeness (QED) is 0.645. The van der Waals surface area contributed by atoms with Crippen molar-refractivity contribution < 1.29 is 22.7 Å². The van der Waals surface area contributed by atoms with Gasteiger partial charge in [0, 0.05) is 24.8 Å². The minimum atomic E-state index is -3.86. The molecule has 35 heavy (non-hydrogen) atoms. The summed E-state index contributed by atoms with van der Waals surface area (Å²) in [6.07, 6.45) is 1.04. The highest BCUT2D eigenvalue weighted by Gasteiger charge is 2.36. The fourth-order valence-electron chi connectivity index (χ4n) is 4.95. The van der Waals surface area contributed by atoms with Crippen molar-refractivity contribution in [1.82, 2.24) is 4.31 Å². The van der Waals surface area contributed by atoms with Gasteiger partial charge in [-0.2, -0.15) is 4.31 Å². The number of anilines is 2. The highest BCUT2D eigenvalue weighted by Crippen LogP contribution is 2.37. The third-order valence-electron chi connectivity index (χ3n) is 6.77. The highest BCUT2D eigenvalue weighted by molar-refractivity contribution is 7.89. The van der Waals surface area contributed by atoms with Gasteiger partial charge in [-0.15, -0.1) is 0 Å². The van der Waals surface area contributed by atoms with Crippen molar-refractivity contribution >= 4 is 33.2 Å². The molecule has 2 N–H and O–H groups in total. The molecule has 188 valence electrons. The molecule has 0 saturated carbocycles. The fourth-order valence-corrected chi connectivity index (χ4v) is 6.69. The Balaban J connectivity index is 1.56. The highest BCUT2D eigenvalue weighted by atomic mass is 32.2. The first-order chi connectivity index (χ1) is 16.5. The Bertz CT molecular complexity index is 1270. The number of piperidine rings is 1. The molecule has 2 aromatic rings. The van der Waals surface area contributed by atoms with E-state index in [2.05, 4.69) is 10.6 Å². The number of hydrogen-bond donors (Lipinski definition) is 2. The monoisotopic (exact) mass is 499 g/mol. The number of benzene rings is 2. The second-order valence-corrected chi connectivity index (χ2v) is 11.5. The van der Waals surface area contributed by atoms with Crippen molar-refractivity contribution in [2.75, 3.05) is 23.7 Å². The van der Waals surface area contributed by atoms with E-state index in [4.69, 9.17) is 4.74 Å². The summed E-state index contributed by atoms with van der Waals surface area (Å²) >= 11 is 0. The summed E-state index contributed by atoms with van der Waals surface area (Å²) in [6.45, 7) is 9.92. The van der Waals surface area contributed by atoms with Crippen molar-refractivity contribution in [1.29, 1.82) is 0 Å². The second kappa shape index (κ2) is 9.62. The minimum Gasteiger partial charge on any atom is -0.478 e. The zero-order valence-corrected chi connectivity index (χ0v) is 21.7. The lowest BCUT2D eigenvalue weighted by Crippen LogP contribution is -2.44. The van der Waals surface area contributed by atoms with Crippen LogP contribution in [0.15, 0.2) is 29.2 Å². The number of nitrogens with one attached hydrogen (secondary N) is 2. The molecule has 1 fully saturated rings. The molecular formula is C26H33N3O5S. The van der Waals surface area contributed by atoms with E-state index in [9.17, 15) is 18.0 Å². The molecule has 2 heterocycles. The molecule has 1 saturated heterocycles. The van der Waals surface area contributed by atoms with Gasteiger partial charge < -0.3 is 15.4 Å². The predicted octanol–water partition coefficient (Wildman–Crippen LogP) is 4.07. The van der Waals surface area contributed by atoms with E-state index < -0.39 is 22.0 Å². The number of hydrogen-bond acceptors (Lipinski definition) is 5. The molecule has 4 rings (SSSR count). The van der Waals surface area contributed by atoms with E-state index in [0.717, 1.165) is 22.4 Å². The van der Waals surface area contributed by atoms with E-state index in [1.54, 1.807) is 13.0 Å². The lowest BCUT2D eigenvalue weighted by Gasteiger charge is -2.32. The number of sulfonamides is 1. The smallest absolute Gasteiger partial charge is 0.265 e. The zero-order valence-electron chi connectivity index (χ0n) is 20.9. The first-order valence-electron chi connectivity index (χ1n) is 12.0. The summed E-state index contributed by atoms with van der Waals surface area (Å²) in [5.41, 5.74) is 4.87. The molecule has 0 radical (unpaired) electrons. The number of carbonyl (C=O) groups excluding carboxylic acids is 2. The van der Waals surface area contributed by atoms with Crippen LogP contribution in [0.4, 0.5) is 11.4 Å². The molecule has 2 aliphatic rings. The number of fused-ring (bicyclic) bond motifs is 1. The summed E-state index contributed by atoms with van der Waals surface area (Å²) in [7, 11) is -3.86. The van der Waals surface area contributed by atoms with Crippen LogP contribution in [0, 0.1) is 33.6 Å². The summed E-state index contributed by atoms with van der Waals surface area (Å²) in [4.78, 5) is 25.4. The topological polar surface area (TPSA) is 105 Å². The summed E-state index contributed by atoms with van der Waals surface area (Å²) in [5.74, 6) is -0.508. The van der Waals surface area contributed by atoms with Gasteiger partial charge in [0.25, 0.3) is 5.91 Å². The third kappa shape index (κ3) is 4.92. The molecule has 0 spiro atoms. The molecule has 0 aromatic heterocycles. The largest absolute Gasteiger partial charge is 0.478 e. The average Bonchev–Trinajstić information content (AvgIpc) is 2.80. The Morgan fingerprint density at radius 2 is 1.80 bits per heavy atom. The SMILES string of the molecule is CC[C@@H]1Oc2cc(S(=O)(=O)N3CCC[C@H](C(=O)Nc4c(C)cc(C)cc4C)C3)c(C)cc2NC1=O. The first-order valence-corrected chi connectivity index (χ1v) is 13.5. The molecule has 2 amide bonds. The van der Waals surface area contributed by atoms with Gasteiger partial charge in [-0.05, 0) is 69.7 Å². The van der Waals surface area contributed by atoms with Crippen LogP contribution in [0.1, 0.15) is 48.4 Å². The van der Waals surface area contributed by atoms with Crippen molar-refractivity contribution in [2.45, 2.75) is 64.9 Å². The third-order valence-corrected chi connectivity index (χ3v) is 8.77. The zero-order chi connectivity index (χ0) is 25.5. The number of amides is 2. The fraction of sp³-hybridized carbons (Fsp3) is 0.462. The van der Waals surface area contributed by atoms with E-state index >= 15 is 0 Å². The van der Waals surface area contributed by atoms with Gasteiger partial charge in [-0.1, -0.05) is 24.6 Å². The Labute approximate surface area is 207 Å². The Morgan fingerprint density at radius 3 is 2.46 bits per heavy atom. The van der Waals surface area contributed by atoms with Crippen molar-refractivity contribution in [3.05, 3.63) is 46.5 Å². The molecule has 2 atom stereocenters. The van der Waals surface area contributed by atoms with Crippen LogP contribution in [0.2, 0.25) is 0 Å². The normalized spacial score (nSPS) is 20.5. The Hall–Kier alpha value is -2.91. The summed E-state index contributed by atoms with van der Waals surface area (Å²) in [5, 5.41) is 5.83. The summed E-state index contributed by atoms with van der Waals surface area (Å²) in [6, 6.07) is 7.16. The molecule has 2 aliphatic heterocycles. The maximum absolute atomic E-state index is 13.6. The van der Waals surface area contributed by atoms with Crippen LogP contribution in [0.5, 0.6) is 5.75 Å². The van der Waals surface area contributed by atoms with Gasteiger partial charge in [0.05, 0.1) is 16.5 Å². The van der Waals surface area contributed by atoms with Crippen LogP contribution in [0.25, 0.3) is 0 Å². The maximum Gasteiger partial charge on any atom is 0.265 e. The Kier molecular flexibility index (Phi) is 6.92. The average molecular weight is 500 g/mol. The Morgan fingerprint density at radius 1 is 1.11 bits per heavy atom. The van der Waals surface area contributed by atoms with Crippen LogP contribution in [0.3, 0.4) is 0 Å². The first kappa shape index (κ1) is 25.2. The molecule has 9 heteroatoms. The number of ether oxygens (including phenoxy) is 1. The molecule has 0 unspecified atom stereocenters. The molecule has 0 bridgehead atoms. The maximum atomic E-state index is 13.6. The number of aryl methyl sites for hydroxylation is 4. The lowest BCUT2D eigenvalue weighted by molar-refractivity contribution is -0.123. The number of rotatable bonds is 5. The van der Waals surface area contributed by atoms with Crippen LogP contribution in [-0.4, -0.2) is 43.7 Å². The van der Waals surface area contributed by atoms with Crippen molar-refractivity contribution in [3.63, 3.8) is 0 Å². The molecular weight excluding hydrogens is 466 g/mol. The number of nitrogens with zero attached hydrogens (tertiary/aromatic N) is 1. The van der Waals surface area contributed by atoms with Crippen LogP contribution >= 0.6 is 0 Å². The van der Waals surface area contributed by atoms with Gasteiger partial charge in [-0.3, -0.25) is 9.59 Å². The van der Waals surface area contributed by atoms with E-state index in [0.29, 0.717) is 42.8 Å². The van der Waals surface area contributed by atoms with Crippen LogP contribution in [-0.2, 0) is 19.6 Å². The van der Waals surface area contributed by atoms with Gasteiger partial charge in [0.2, 0.25) is 15.9 Å². The molecule has 2 aromatic carbocycles. The molecule has 0 aliphatic carbocycles. The van der Waals surface area contributed by atoms with E-state index in [1.165, 1.54) is 10.4 Å². The van der Waals surface area contributed by atoms with E-state index in [1.807, 2.05) is 39.8 Å². The molecule has 8 nitrogen and oxygen atoms in total. The number of carbonyl (C=O) groups is 2. The predicted molar refractivity (Wildman–Crippen MR) is 135 cm³/mol. The van der Waals surface area contributed by atoms with Gasteiger partial charge >= 0.3 is 0 Å². The van der Waals surface area contributed by atoms with E-state index in [-0.39, 0.29) is 23.3 Å². The minimum absolute atomic E-state index is 0.115. The standard InChI is InChI=1S/C26H33N3O5S/c1-6-21-26(31)27-20-12-16(3)23(13-22(20)34-21)35(32,33)29-9-7-8-19(14-29)25(30)28-24-17(4)10-15(2)11-18(24)5/h10-13,19,21H,6-9,14H2,1-5H3,(H,27,31)(H,28,30)/t19-,21-/m0/s1. The van der Waals surface area contributed by atoms with Crippen molar-refractivity contribution in [3.8, 4) is 5.75 Å². The van der Waals surface area contributed by atoms with Crippen LogP contribution < -0.4 is 15.4 Å². The van der Waals surface area contributed by atoms with Gasteiger partial charge in [0.15, 0.2) is 6.10 Å².